The maximum Gasteiger partial charge on any atom is 0.263 e. The quantitative estimate of drug-likeness (QED) is 0.112. The maximum absolute atomic E-state index is 13.2. The van der Waals surface area contributed by atoms with Gasteiger partial charge in [0.2, 0.25) is 11.8 Å². The number of nitrogens with two attached hydrogens (primary N) is 1. The van der Waals surface area contributed by atoms with Crippen molar-refractivity contribution in [2.75, 3.05) is 77.4 Å². The zero-order valence-corrected chi connectivity index (χ0v) is 28.0. The van der Waals surface area contributed by atoms with Crippen LogP contribution in [-0.2, 0) is 28.5 Å². The summed E-state index contributed by atoms with van der Waals surface area (Å²) >= 11 is 1.41. The zero-order chi connectivity index (χ0) is 34.2. The lowest BCUT2D eigenvalue weighted by molar-refractivity contribution is -0.136. The number of nitrogen functional groups attached to an aromatic ring is 1. The third-order valence-corrected chi connectivity index (χ3v) is 9.75. The van der Waals surface area contributed by atoms with Crippen LogP contribution >= 0.6 is 11.8 Å². The summed E-state index contributed by atoms with van der Waals surface area (Å²) in [6, 6.07) is 4.32. The molecule has 4 amide bonds. The van der Waals surface area contributed by atoms with E-state index in [0.29, 0.717) is 74.9 Å². The summed E-state index contributed by atoms with van der Waals surface area (Å²) in [4.78, 5) is 62.8. The molecule has 3 N–H and O–H groups in total. The van der Waals surface area contributed by atoms with Crippen molar-refractivity contribution in [2.24, 2.45) is 0 Å². The van der Waals surface area contributed by atoms with Gasteiger partial charge in [0.1, 0.15) is 23.2 Å². The number of piperidine rings is 1. The smallest absolute Gasteiger partial charge is 0.263 e. The summed E-state index contributed by atoms with van der Waals surface area (Å²) in [5, 5.41) is 2.21. The van der Waals surface area contributed by atoms with Crippen molar-refractivity contribution in [3.63, 3.8) is 0 Å². The van der Waals surface area contributed by atoms with E-state index in [2.05, 4.69) is 20.2 Å². The summed E-state index contributed by atoms with van der Waals surface area (Å²) in [5.41, 5.74) is 7.39. The van der Waals surface area contributed by atoms with Crippen molar-refractivity contribution in [3.8, 4) is 0 Å². The van der Waals surface area contributed by atoms with Gasteiger partial charge < -0.3 is 24.7 Å². The average molecular weight is 696 g/mol. The summed E-state index contributed by atoms with van der Waals surface area (Å²) in [6.07, 6.45) is 7.76. The molecule has 3 aliphatic heterocycles. The molecular formula is C33H41N7O8S. The Balaban J connectivity index is 0.789. The number of rotatable bonds is 18. The van der Waals surface area contributed by atoms with Gasteiger partial charge in [0.05, 0.1) is 76.2 Å². The molecule has 5 heterocycles. The first kappa shape index (κ1) is 34.9. The van der Waals surface area contributed by atoms with Crippen LogP contribution in [-0.4, -0.2) is 126 Å². The van der Waals surface area contributed by atoms with Crippen LogP contribution in [0.3, 0.4) is 0 Å². The molecule has 0 spiro atoms. The molecule has 1 aromatic carbocycles. The minimum absolute atomic E-state index is 0.0806. The van der Waals surface area contributed by atoms with Crippen molar-refractivity contribution >= 4 is 46.7 Å². The molecule has 49 heavy (non-hydrogen) atoms. The van der Waals surface area contributed by atoms with Gasteiger partial charge in [-0.3, -0.25) is 38.7 Å². The Morgan fingerprint density at radius 3 is 2.37 bits per heavy atom. The highest BCUT2D eigenvalue weighted by molar-refractivity contribution is 7.99. The number of hydrogen-bond acceptors (Lipinski definition) is 13. The molecule has 16 heteroatoms. The fourth-order valence-electron chi connectivity index (χ4n) is 6.36. The number of imidazole rings is 1. The number of ether oxygens (including phenoxy) is 4. The van der Waals surface area contributed by atoms with Crippen LogP contribution in [0, 0.1) is 0 Å². The Kier molecular flexibility index (Phi) is 11.9. The number of likely N-dealkylation sites (tertiary alicyclic amines) is 1. The molecule has 2 aromatic heterocycles. The number of amides is 4. The van der Waals surface area contributed by atoms with E-state index >= 15 is 0 Å². The maximum atomic E-state index is 13.2. The van der Waals surface area contributed by atoms with Crippen LogP contribution in [0.2, 0.25) is 0 Å². The van der Waals surface area contributed by atoms with Gasteiger partial charge in [-0.05, 0) is 37.9 Å². The number of aromatic nitrogens is 3. The molecule has 6 rings (SSSR count). The first-order chi connectivity index (χ1) is 23.9. The molecule has 262 valence electrons. The van der Waals surface area contributed by atoms with Gasteiger partial charge in [-0.1, -0.05) is 6.07 Å². The number of anilines is 1. The predicted molar refractivity (Wildman–Crippen MR) is 178 cm³/mol. The fourth-order valence-corrected chi connectivity index (χ4v) is 7.30. The zero-order valence-electron chi connectivity index (χ0n) is 27.2. The highest BCUT2D eigenvalue weighted by Crippen LogP contribution is 2.35. The number of hydrogen-bond donors (Lipinski definition) is 2. The summed E-state index contributed by atoms with van der Waals surface area (Å²) in [7, 11) is 0. The van der Waals surface area contributed by atoms with E-state index in [1.54, 1.807) is 30.6 Å². The van der Waals surface area contributed by atoms with E-state index in [1.165, 1.54) is 11.8 Å². The third kappa shape index (κ3) is 8.11. The second-order valence-corrected chi connectivity index (χ2v) is 12.9. The molecule has 0 aliphatic carbocycles. The second-order valence-electron chi connectivity index (χ2n) is 11.8. The monoisotopic (exact) mass is 695 g/mol. The van der Waals surface area contributed by atoms with Gasteiger partial charge in [-0.25, -0.2) is 9.97 Å². The number of benzene rings is 1. The van der Waals surface area contributed by atoms with E-state index < -0.39 is 29.7 Å². The molecule has 1 unspecified atom stereocenters. The SMILES string of the molecule is Nc1nccn2c([C@@H]3CCCN3CCOCCOCCOCCOCCSc3cccc4c3C(=O)N(C3CCC(=O)NC3=O)C4=O)ncc12. The molecule has 0 radical (unpaired) electrons. The van der Waals surface area contributed by atoms with Crippen LogP contribution in [0.4, 0.5) is 5.82 Å². The van der Waals surface area contributed by atoms with E-state index in [4.69, 9.17) is 24.7 Å². The average Bonchev–Trinajstić information content (AvgIpc) is 3.80. The van der Waals surface area contributed by atoms with Crippen molar-refractivity contribution in [3.05, 3.63) is 53.7 Å². The van der Waals surface area contributed by atoms with Crippen LogP contribution in [0.25, 0.3) is 5.52 Å². The van der Waals surface area contributed by atoms with Crippen molar-refractivity contribution in [1.82, 2.24) is 29.5 Å². The highest BCUT2D eigenvalue weighted by atomic mass is 32.2. The molecule has 3 aliphatic rings. The van der Waals surface area contributed by atoms with E-state index in [0.717, 1.165) is 42.2 Å². The number of imide groups is 2. The van der Waals surface area contributed by atoms with Crippen molar-refractivity contribution < 1.29 is 38.1 Å². The fraction of sp³-hybridized carbons (Fsp3) is 0.515. The summed E-state index contributed by atoms with van der Waals surface area (Å²) < 4.78 is 24.7. The number of carbonyl (C=O) groups excluding carboxylic acids is 4. The van der Waals surface area contributed by atoms with Crippen molar-refractivity contribution in [2.45, 2.75) is 42.7 Å². The van der Waals surface area contributed by atoms with E-state index in [1.807, 2.05) is 10.6 Å². The molecule has 0 saturated carbocycles. The molecule has 0 bridgehead atoms. The first-order valence-corrected chi connectivity index (χ1v) is 17.5. The van der Waals surface area contributed by atoms with Crippen molar-refractivity contribution in [1.29, 1.82) is 0 Å². The topological polar surface area (TPSA) is 180 Å². The number of carbonyl (C=O) groups is 4. The number of thioether (sulfide) groups is 1. The van der Waals surface area contributed by atoms with Gasteiger partial charge in [0, 0.05) is 36.0 Å². The van der Waals surface area contributed by atoms with Crippen LogP contribution in [0.5, 0.6) is 0 Å². The summed E-state index contributed by atoms with van der Waals surface area (Å²) in [5.74, 6) is -0.0255. The standard InChI is InChI=1S/C33H41N7O8S/c34-29-25-21-36-30(39(25)10-8-35-29)23-4-2-9-38(23)11-12-45-13-14-46-15-16-47-17-18-48-19-20-49-26-5-1-3-22-28(26)33(44)40(32(22)43)24-6-7-27(41)37-31(24)42/h1,3,5,8,10,21,23-24H,2,4,6-7,9,11-20H2,(H2,34,35)(H,37,41,42)/t23-,24?/m0/s1. The molecule has 15 nitrogen and oxygen atoms in total. The Morgan fingerprint density at radius 2 is 1.61 bits per heavy atom. The largest absolute Gasteiger partial charge is 0.382 e. The number of fused-ring (bicyclic) bond motifs is 2. The molecule has 2 saturated heterocycles. The first-order valence-electron chi connectivity index (χ1n) is 16.5. The van der Waals surface area contributed by atoms with Gasteiger partial charge in [-0.2, -0.15) is 0 Å². The lowest BCUT2D eigenvalue weighted by atomic mass is 10.0. The number of nitrogens with zero attached hydrogens (tertiary/aromatic N) is 5. The molecule has 2 fully saturated rings. The van der Waals surface area contributed by atoms with Gasteiger partial charge >= 0.3 is 0 Å². The Labute approximate surface area is 287 Å². The van der Waals surface area contributed by atoms with Crippen LogP contribution in [0.1, 0.15) is 58.3 Å². The van der Waals surface area contributed by atoms with Gasteiger partial charge in [-0.15, -0.1) is 11.8 Å². The minimum Gasteiger partial charge on any atom is -0.382 e. The second kappa shape index (κ2) is 16.7. The van der Waals surface area contributed by atoms with E-state index in [-0.39, 0.29) is 24.4 Å². The Hall–Kier alpha value is -3.93. The Bertz CT molecular complexity index is 1670. The predicted octanol–water partition coefficient (Wildman–Crippen LogP) is 1.71. The normalized spacial score (nSPS) is 19.7. The Morgan fingerprint density at radius 1 is 0.878 bits per heavy atom. The minimum atomic E-state index is -0.987. The molecule has 3 aromatic rings. The lowest BCUT2D eigenvalue weighted by Crippen LogP contribution is -2.54. The van der Waals surface area contributed by atoms with E-state index in [9.17, 15) is 19.2 Å². The van der Waals surface area contributed by atoms with Gasteiger partial charge in [0.25, 0.3) is 11.8 Å². The molecule has 2 atom stereocenters. The van der Waals surface area contributed by atoms with Crippen LogP contribution in [0.15, 0.2) is 41.7 Å². The third-order valence-electron chi connectivity index (χ3n) is 8.73. The number of nitrogens with one attached hydrogen (secondary N) is 1. The van der Waals surface area contributed by atoms with Gasteiger partial charge in [0.15, 0.2) is 0 Å². The summed E-state index contributed by atoms with van der Waals surface area (Å²) in [6.45, 7) is 5.59. The van der Waals surface area contributed by atoms with Crippen LogP contribution < -0.4 is 11.1 Å². The molecular weight excluding hydrogens is 654 g/mol. The lowest BCUT2D eigenvalue weighted by Gasteiger charge is -2.27. The highest BCUT2D eigenvalue weighted by Gasteiger charge is 2.45.